The third-order valence-electron chi connectivity index (χ3n) is 3.84. The van der Waals surface area contributed by atoms with Gasteiger partial charge in [0.15, 0.2) is 10.8 Å². The number of ether oxygens (including phenoxy) is 1. The summed E-state index contributed by atoms with van der Waals surface area (Å²) in [5.74, 6) is 2.22. The fourth-order valence-corrected chi connectivity index (χ4v) is 3.42. The lowest BCUT2D eigenvalue weighted by atomic mass is 10.1. The Morgan fingerprint density at radius 2 is 2.00 bits per heavy atom. The summed E-state index contributed by atoms with van der Waals surface area (Å²) in [6.45, 7) is 4.31. The minimum Gasteiger partial charge on any atom is -0.497 e. The van der Waals surface area contributed by atoms with Crippen LogP contribution in [0.3, 0.4) is 0 Å². The third-order valence-corrected chi connectivity index (χ3v) is 4.77. The van der Waals surface area contributed by atoms with Crippen molar-refractivity contribution < 1.29 is 4.74 Å². The maximum atomic E-state index is 5.19. The molecular weight excluding hydrogens is 336 g/mol. The molecule has 0 saturated heterocycles. The molecule has 4 aromatic rings. The first kappa shape index (κ1) is 15.8. The first-order chi connectivity index (χ1) is 12.1. The van der Waals surface area contributed by atoms with Crippen molar-refractivity contribution in [1.29, 1.82) is 0 Å². The van der Waals surface area contributed by atoms with Crippen LogP contribution in [-0.4, -0.2) is 37.1 Å². The molecule has 0 spiro atoms. The molecule has 3 heterocycles. The lowest BCUT2D eigenvalue weighted by molar-refractivity contribution is 0.415. The van der Waals surface area contributed by atoms with Gasteiger partial charge in [-0.15, -0.1) is 10.2 Å². The van der Waals surface area contributed by atoms with Gasteiger partial charge in [-0.2, -0.15) is 14.7 Å². The predicted molar refractivity (Wildman–Crippen MR) is 96.8 cm³/mol. The Morgan fingerprint density at radius 3 is 2.72 bits per heavy atom. The van der Waals surface area contributed by atoms with Crippen LogP contribution in [-0.2, 0) is 6.42 Å². The molecule has 0 amide bonds. The molecule has 0 fully saturated rings. The van der Waals surface area contributed by atoms with Gasteiger partial charge in [-0.1, -0.05) is 25.2 Å². The molecule has 0 bridgehead atoms. The molecule has 0 atom stereocenters. The Hall–Kier alpha value is -2.74. The molecule has 0 aliphatic heterocycles. The fraction of sp³-hybridized carbons (Fsp3) is 0.294. The monoisotopic (exact) mass is 354 g/mol. The van der Waals surface area contributed by atoms with E-state index in [1.165, 1.54) is 11.3 Å². The van der Waals surface area contributed by atoms with E-state index in [0.29, 0.717) is 5.92 Å². The van der Waals surface area contributed by atoms with E-state index in [1.807, 2.05) is 34.8 Å². The highest BCUT2D eigenvalue weighted by molar-refractivity contribution is 7.19. The van der Waals surface area contributed by atoms with Crippen LogP contribution in [0.4, 0.5) is 0 Å². The number of fused-ring (bicyclic) bond motifs is 1. The zero-order valence-corrected chi connectivity index (χ0v) is 15.0. The van der Waals surface area contributed by atoms with Crippen LogP contribution in [0.25, 0.3) is 26.9 Å². The predicted octanol–water partition coefficient (Wildman–Crippen LogP) is 3.45. The second-order valence-corrected chi connectivity index (χ2v) is 7.17. The number of hydrogen-bond donors (Lipinski definition) is 1. The first-order valence-corrected chi connectivity index (χ1v) is 8.87. The second-order valence-electron chi connectivity index (χ2n) is 6.21. The van der Waals surface area contributed by atoms with E-state index in [0.717, 1.165) is 44.9 Å². The van der Waals surface area contributed by atoms with E-state index in [1.54, 1.807) is 7.11 Å². The van der Waals surface area contributed by atoms with Gasteiger partial charge in [0.2, 0.25) is 4.96 Å². The molecule has 0 aliphatic carbocycles. The van der Waals surface area contributed by atoms with Crippen molar-refractivity contribution >= 4 is 16.3 Å². The number of hydrogen-bond acceptors (Lipinski definition) is 6. The van der Waals surface area contributed by atoms with Gasteiger partial charge in [-0.05, 0) is 36.2 Å². The summed E-state index contributed by atoms with van der Waals surface area (Å²) < 4.78 is 7.02. The van der Waals surface area contributed by atoms with Crippen LogP contribution in [0.15, 0.2) is 30.3 Å². The molecule has 1 aromatic carbocycles. The molecule has 0 unspecified atom stereocenters. The standard InChI is InChI=1S/C17H18N6OS/c1-10(2)8-15-20-21-17-23(15)22-16(25-17)14-9-13(18-19-14)11-4-6-12(24-3)7-5-11/h4-7,9-10H,8H2,1-3H3,(H,18,19). The molecule has 0 saturated carbocycles. The Labute approximate surface area is 148 Å². The van der Waals surface area contributed by atoms with Gasteiger partial charge in [0.25, 0.3) is 0 Å². The van der Waals surface area contributed by atoms with E-state index in [4.69, 9.17) is 4.74 Å². The summed E-state index contributed by atoms with van der Waals surface area (Å²) in [4.78, 5) is 0.797. The van der Waals surface area contributed by atoms with E-state index in [9.17, 15) is 0 Å². The molecule has 4 rings (SSSR count). The fourth-order valence-electron chi connectivity index (χ4n) is 2.60. The SMILES string of the molecule is COc1ccc(-c2cc(-c3nn4c(CC(C)C)nnc4s3)[nH]n2)cc1. The largest absolute Gasteiger partial charge is 0.497 e. The maximum Gasteiger partial charge on any atom is 0.235 e. The number of aromatic nitrogens is 6. The van der Waals surface area contributed by atoms with Crippen molar-refractivity contribution in [3.8, 4) is 27.7 Å². The van der Waals surface area contributed by atoms with Gasteiger partial charge in [0.1, 0.15) is 5.75 Å². The maximum absolute atomic E-state index is 5.19. The molecule has 25 heavy (non-hydrogen) atoms. The first-order valence-electron chi connectivity index (χ1n) is 8.05. The Balaban J connectivity index is 1.65. The number of nitrogens with zero attached hydrogens (tertiary/aromatic N) is 5. The average Bonchev–Trinajstić information content (AvgIpc) is 3.31. The van der Waals surface area contributed by atoms with E-state index in [2.05, 4.69) is 39.3 Å². The molecule has 8 heteroatoms. The van der Waals surface area contributed by atoms with E-state index in [-0.39, 0.29) is 0 Å². The number of nitrogens with one attached hydrogen (secondary N) is 1. The number of methoxy groups -OCH3 is 1. The summed E-state index contributed by atoms with van der Waals surface area (Å²) in [6.07, 6.45) is 0.852. The van der Waals surface area contributed by atoms with Crippen molar-refractivity contribution in [2.24, 2.45) is 5.92 Å². The van der Waals surface area contributed by atoms with Crippen LogP contribution in [0, 0.1) is 5.92 Å². The highest BCUT2D eigenvalue weighted by Crippen LogP contribution is 2.28. The molecule has 0 radical (unpaired) electrons. The van der Waals surface area contributed by atoms with Crippen LogP contribution < -0.4 is 4.74 Å². The Morgan fingerprint density at radius 1 is 1.20 bits per heavy atom. The van der Waals surface area contributed by atoms with Crippen molar-refractivity contribution in [2.75, 3.05) is 7.11 Å². The Kier molecular flexibility index (Phi) is 3.96. The summed E-state index contributed by atoms with van der Waals surface area (Å²) in [5, 5.41) is 21.4. The zero-order chi connectivity index (χ0) is 17.4. The number of benzene rings is 1. The quantitative estimate of drug-likeness (QED) is 0.594. The lowest BCUT2D eigenvalue weighted by Gasteiger charge is -2.00. The van der Waals surface area contributed by atoms with Gasteiger partial charge in [-0.3, -0.25) is 5.10 Å². The van der Waals surface area contributed by atoms with Crippen molar-refractivity contribution in [3.63, 3.8) is 0 Å². The smallest absolute Gasteiger partial charge is 0.235 e. The van der Waals surface area contributed by atoms with Gasteiger partial charge in [0.05, 0.1) is 18.5 Å². The van der Waals surface area contributed by atoms with Crippen molar-refractivity contribution in [1.82, 2.24) is 30.0 Å². The summed E-state index contributed by atoms with van der Waals surface area (Å²) in [5.41, 5.74) is 2.76. The Bertz CT molecular complexity index is 998. The minimum absolute atomic E-state index is 0.506. The number of H-pyrrole nitrogens is 1. The van der Waals surface area contributed by atoms with Gasteiger partial charge >= 0.3 is 0 Å². The summed E-state index contributed by atoms with van der Waals surface area (Å²) >= 11 is 1.50. The highest BCUT2D eigenvalue weighted by Gasteiger charge is 2.15. The van der Waals surface area contributed by atoms with Gasteiger partial charge < -0.3 is 4.74 Å². The van der Waals surface area contributed by atoms with Crippen molar-refractivity contribution in [2.45, 2.75) is 20.3 Å². The zero-order valence-electron chi connectivity index (χ0n) is 14.2. The number of aromatic amines is 1. The van der Waals surface area contributed by atoms with Gasteiger partial charge in [0, 0.05) is 12.0 Å². The summed E-state index contributed by atoms with van der Waals surface area (Å²) in [7, 11) is 1.66. The van der Waals surface area contributed by atoms with E-state index < -0.39 is 0 Å². The highest BCUT2D eigenvalue weighted by atomic mass is 32.1. The molecule has 3 aromatic heterocycles. The molecule has 1 N–H and O–H groups in total. The number of rotatable bonds is 5. The lowest BCUT2D eigenvalue weighted by Crippen LogP contribution is -2.01. The third kappa shape index (κ3) is 3.00. The molecular formula is C17H18N6OS. The second kappa shape index (κ2) is 6.29. The molecule has 7 nitrogen and oxygen atoms in total. The molecule has 128 valence electrons. The summed E-state index contributed by atoms with van der Waals surface area (Å²) in [6, 6.07) is 9.81. The van der Waals surface area contributed by atoms with Crippen LogP contribution in [0.2, 0.25) is 0 Å². The van der Waals surface area contributed by atoms with Gasteiger partial charge in [-0.25, -0.2) is 0 Å². The van der Waals surface area contributed by atoms with Crippen LogP contribution in [0.1, 0.15) is 19.7 Å². The van der Waals surface area contributed by atoms with Crippen molar-refractivity contribution in [3.05, 3.63) is 36.2 Å². The van der Waals surface area contributed by atoms with Crippen LogP contribution >= 0.6 is 11.3 Å². The topological polar surface area (TPSA) is 81.0 Å². The normalized spacial score (nSPS) is 11.5. The van der Waals surface area contributed by atoms with E-state index >= 15 is 0 Å². The van der Waals surface area contributed by atoms with Crippen LogP contribution in [0.5, 0.6) is 5.75 Å². The minimum atomic E-state index is 0.506. The average molecular weight is 354 g/mol. The molecule has 0 aliphatic rings.